The van der Waals surface area contributed by atoms with Crippen LogP contribution >= 0.6 is 0 Å². The molecule has 0 spiro atoms. The molecule has 0 aliphatic carbocycles. The van der Waals surface area contributed by atoms with E-state index in [1.165, 1.54) is 148 Å². The molecule has 50 heavy (non-hydrogen) atoms. The summed E-state index contributed by atoms with van der Waals surface area (Å²) in [4.78, 5) is 23.4. The van der Waals surface area contributed by atoms with Gasteiger partial charge in [0, 0.05) is 12.8 Å². The number of carbonyl (C=O) groups excluding carboxylic acids is 1. The van der Waals surface area contributed by atoms with E-state index in [0.717, 1.165) is 77.0 Å². The SMILES string of the molecule is CCCCCCC/C=C\C/C=C\CCCC(CCCCCCCC(=O)O)OC(=O)CCCCCCCCCCCCCCCCCCCCC. The lowest BCUT2D eigenvalue weighted by Gasteiger charge is -2.18. The van der Waals surface area contributed by atoms with E-state index >= 15 is 0 Å². The molecule has 0 saturated heterocycles. The number of ether oxygens (including phenoxy) is 1. The van der Waals surface area contributed by atoms with Gasteiger partial charge in [-0.05, 0) is 64.2 Å². The molecule has 1 N–H and O–H groups in total. The molecule has 0 aliphatic rings. The predicted octanol–water partition coefficient (Wildman–Crippen LogP) is 15.6. The van der Waals surface area contributed by atoms with Crippen molar-refractivity contribution in [2.45, 2.75) is 258 Å². The van der Waals surface area contributed by atoms with Crippen LogP contribution in [0.5, 0.6) is 0 Å². The third-order valence-electron chi connectivity index (χ3n) is 10.2. The Morgan fingerprint density at radius 2 is 0.800 bits per heavy atom. The zero-order chi connectivity index (χ0) is 36.4. The molecule has 0 fully saturated rings. The van der Waals surface area contributed by atoms with E-state index in [1.807, 2.05) is 0 Å². The first kappa shape index (κ1) is 48.4. The molecule has 0 saturated carbocycles. The van der Waals surface area contributed by atoms with Gasteiger partial charge in [-0.15, -0.1) is 0 Å². The summed E-state index contributed by atoms with van der Waals surface area (Å²) < 4.78 is 6.00. The summed E-state index contributed by atoms with van der Waals surface area (Å²) in [5.74, 6) is -0.719. The molecule has 0 rings (SSSR count). The Morgan fingerprint density at radius 1 is 0.440 bits per heavy atom. The third-order valence-corrected chi connectivity index (χ3v) is 10.2. The van der Waals surface area contributed by atoms with Crippen LogP contribution in [0.2, 0.25) is 0 Å². The minimum absolute atomic E-state index is 0.0150. The molecule has 1 atom stereocenters. The standard InChI is InChI=1S/C46H86O4/c1-3-5-7-9-11-13-15-17-18-19-20-21-22-24-26-28-30-35-39-43-46(49)50-44(41-37-33-31-34-38-42-45(47)48)40-36-32-29-27-25-23-16-14-12-10-8-6-4-2/h16,23,27,29,44H,3-15,17-22,24-26,28,30-43H2,1-2H3,(H,47,48)/b23-16-,29-27-. The summed E-state index contributed by atoms with van der Waals surface area (Å²) in [7, 11) is 0. The number of esters is 1. The van der Waals surface area contributed by atoms with Crippen molar-refractivity contribution in [3.63, 3.8) is 0 Å². The van der Waals surface area contributed by atoms with Crippen molar-refractivity contribution in [3.8, 4) is 0 Å². The summed E-state index contributed by atoms with van der Waals surface area (Å²) in [6, 6.07) is 0. The molecule has 0 aliphatic heterocycles. The van der Waals surface area contributed by atoms with Gasteiger partial charge < -0.3 is 9.84 Å². The highest BCUT2D eigenvalue weighted by Gasteiger charge is 2.14. The Hall–Kier alpha value is -1.58. The molecule has 4 heteroatoms. The molecular formula is C46H86O4. The number of unbranched alkanes of at least 4 members (excludes halogenated alkanes) is 28. The lowest BCUT2D eigenvalue weighted by Crippen LogP contribution is -2.18. The fraction of sp³-hybridized carbons (Fsp3) is 0.870. The van der Waals surface area contributed by atoms with Crippen molar-refractivity contribution >= 4 is 11.9 Å². The first-order valence-corrected chi connectivity index (χ1v) is 22.3. The van der Waals surface area contributed by atoms with Gasteiger partial charge in [0.05, 0.1) is 0 Å². The van der Waals surface area contributed by atoms with Gasteiger partial charge in [-0.1, -0.05) is 199 Å². The van der Waals surface area contributed by atoms with Gasteiger partial charge in [-0.2, -0.15) is 0 Å². The van der Waals surface area contributed by atoms with Crippen molar-refractivity contribution in [1.29, 1.82) is 0 Å². The number of hydrogen-bond donors (Lipinski definition) is 1. The van der Waals surface area contributed by atoms with Gasteiger partial charge in [-0.3, -0.25) is 9.59 Å². The topological polar surface area (TPSA) is 63.6 Å². The third kappa shape index (κ3) is 40.8. The van der Waals surface area contributed by atoms with Crippen LogP contribution in [0.4, 0.5) is 0 Å². The molecule has 4 nitrogen and oxygen atoms in total. The second kappa shape index (κ2) is 41.8. The van der Waals surface area contributed by atoms with Crippen molar-refractivity contribution < 1.29 is 19.4 Å². The highest BCUT2D eigenvalue weighted by atomic mass is 16.5. The van der Waals surface area contributed by atoms with E-state index in [1.54, 1.807) is 0 Å². The average Bonchev–Trinajstić information content (AvgIpc) is 3.10. The number of carboxylic acids is 1. The smallest absolute Gasteiger partial charge is 0.306 e. The van der Waals surface area contributed by atoms with E-state index in [2.05, 4.69) is 38.2 Å². The molecule has 0 aromatic rings. The van der Waals surface area contributed by atoms with Gasteiger partial charge in [0.15, 0.2) is 0 Å². The average molecular weight is 703 g/mol. The van der Waals surface area contributed by atoms with E-state index < -0.39 is 5.97 Å². The van der Waals surface area contributed by atoms with Crippen molar-refractivity contribution in [1.82, 2.24) is 0 Å². The van der Waals surface area contributed by atoms with E-state index in [-0.39, 0.29) is 18.5 Å². The molecule has 0 amide bonds. The summed E-state index contributed by atoms with van der Waals surface area (Å²) >= 11 is 0. The van der Waals surface area contributed by atoms with Crippen LogP contribution in [0.15, 0.2) is 24.3 Å². The van der Waals surface area contributed by atoms with Crippen molar-refractivity contribution in [3.05, 3.63) is 24.3 Å². The summed E-state index contributed by atoms with van der Waals surface area (Å²) in [5.41, 5.74) is 0. The van der Waals surface area contributed by atoms with Crippen molar-refractivity contribution in [2.24, 2.45) is 0 Å². The normalized spacial score (nSPS) is 12.4. The van der Waals surface area contributed by atoms with Crippen LogP contribution in [0.1, 0.15) is 251 Å². The maximum absolute atomic E-state index is 12.7. The molecule has 0 radical (unpaired) electrons. The first-order valence-electron chi connectivity index (χ1n) is 22.3. The van der Waals surface area contributed by atoms with Crippen LogP contribution in [0, 0.1) is 0 Å². The van der Waals surface area contributed by atoms with Gasteiger partial charge in [0.2, 0.25) is 0 Å². The highest BCUT2D eigenvalue weighted by Crippen LogP contribution is 2.18. The number of aliphatic carboxylic acids is 1. The highest BCUT2D eigenvalue weighted by molar-refractivity contribution is 5.69. The molecule has 294 valence electrons. The van der Waals surface area contributed by atoms with Gasteiger partial charge in [0.25, 0.3) is 0 Å². The lowest BCUT2D eigenvalue weighted by molar-refractivity contribution is -0.150. The van der Waals surface area contributed by atoms with Crippen LogP contribution in [0.25, 0.3) is 0 Å². The summed E-state index contributed by atoms with van der Waals surface area (Å²) in [5, 5.41) is 8.84. The zero-order valence-corrected chi connectivity index (χ0v) is 33.7. The van der Waals surface area contributed by atoms with E-state index in [4.69, 9.17) is 9.84 Å². The monoisotopic (exact) mass is 703 g/mol. The number of allylic oxidation sites excluding steroid dienone is 4. The molecular weight excluding hydrogens is 617 g/mol. The van der Waals surface area contributed by atoms with Gasteiger partial charge in [0.1, 0.15) is 6.10 Å². The van der Waals surface area contributed by atoms with E-state index in [0.29, 0.717) is 6.42 Å². The second-order valence-corrected chi connectivity index (χ2v) is 15.2. The van der Waals surface area contributed by atoms with Crippen LogP contribution < -0.4 is 0 Å². The van der Waals surface area contributed by atoms with Crippen LogP contribution in [-0.2, 0) is 14.3 Å². The second-order valence-electron chi connectivity index (χ2n) is 15.2. The van der Waals surface area contributed by atoms with Crippen molar-refractivity contribution in [2.75, 3.05) is 0 Å². The maximum Gasteiger partial charge on any atom is 0.306 e. The van der Waals surface area contributed by atoms with Crippen LogP contribution in [0.3, 0.4) is 0 Å². The molecule has 1 unspecified atom stereocenters. The number of hydrogen-bond acceptors (Lipinski definition) is 3. The minimum Gasteiger partial charge on any atom is -0.481 e. The molecule has 0 heterocycles. The fourth-order valence-corrected chi connectivity index (χ4v) is 6.87. The Bertz CT molecular complexity index is 757. The first-order chi connectivity index (χ1) is 24.6. The lowest BCUT2D eigenvalue weighted by atomic mass is 10.0. The molecule has 0 aromatic heterocycles. The van der Waals surface area contributed by atoms with Gasteiger partial charge >= 0.3 is 11.9 Å². The largest absolute Gasteiger partial charge is 0.481 e. The Labute approximate surface area is 312 Å². The number of rotatable bonds is 41. The summed E-state index contributed by atoms with van der Waals surface area (Å²) in [6.07, 6.45) is 53.6. The quantitative estimate of drug-likeness (QED) is 0.0391. The number of carboxylic acid groups (broad SMARTS) is 1. The predicted molar refractivity (Wildman–Crippen MR) is 218 cm³/mol. The van der Waals surface area contributed by atoms with E-state index in [9.17, 15) is 9.59 Å². The minimum atomic E-state index is -0.704. The van der Waals surface area contributed by atoms with Gasteiger partial charge in [-0.25, -0.2) is 0 Å². The Balaban J connectivity index is 3.98. The number of carbonyl (C=O) groups is 2. The summed E-state index contributed by atoms with van der Waals surface area (Å²) in [6.45, 7) is 4.55. The maximum atomic E-state index is 12.7. The van der Waals surface area contributed by atoms with Crippen LogP contribution in [-0.4, -0.2) is 23.1 Å². The molecule has 0 bridgehead atoms. The molecule has 0 aromatic carbocycles. The Morgan fingerprint density at radius 3 is 1.26 bits per heavy atom. The Kier molecular flexibility index (Phi) is 40.5. The zero-order valence-electron chi connectivity index (χ0n) is 33.7. The fourth-order valence-electron chi connectivity index (χ4n) is 6.87.